The summed E-state index contributed by atoms with van der Waals surface area (Å²) in [7, 11) is 0. The Morgan fingerprint density at radius 1 is 0.308 bits per heavy atom. The van der Waals surface area contributed by atoms with Gasteiger partial charge >= 0.3 is 0 Å². The zero-order chi connectivity index (χ0) is 26.0. The van der Waals surface area contributed by atoms with Crippen LogP contribution in [-0.2, 0) is 0 Å². The van der Waals surface area contributed by atoms with Crippen molar-refractivity contribution >= 4 is 32.9 Å². The van der Waals surface area contributed by atoms with Crippen molar-refractivity contribution in [2.45, 2.75) is 0 Å². The molecule has 0 aliphatic rings. The van der Waals surface area contributed by atoms with Gasteiger partial charge in [-0.3, -0.25) is 0 Å². The third-order valence-corrected chi connectivity index (χ3v) is 7.44. The fourth-order valence-electron chi connectivity index (χ4n) is 5.55. The van der Waals surface area contributed by atoms with E-state index >= 15 is 0 Å². The predicted octanol–water partition coefficient (Wildman–Crippen LogP) is 10.7. The minimum Gasteiger partial charge on any atom is -0.356 e. The lowest BCUT2D eigenvalue weighted by Gasteiger charge is -2.15. The quantitative estimate of drug-likeness (QED) is 0.233. The van der Waals surface area contributed by atoms with E-state index in [1.807, 2.05) is 6.07 Å². The smallest absolute Gasteiger partial charge is 0.0390 e. The highest BCUT2D eigenvalue weighted by molar-refractivity contribution is 6.14. The van der Waals surface area contributed by atoms with E-state index in [9.17, 15) is 0 Å². The number of hydrogen-bond acceptors (Lipinski definition) is 1. The largest absolute Gasteiger partial charge is 0.356 e. The van der Waals surface area contributed by atoms with Gasteiger partial charge in [-0.2, -0.15) is 0 Å². The molecule has 0 bridgehead atoms. The van der Waals surface area contributed by atoms with Crippen molar-refractivity contribution in [3.63, 3.8) is 0 Å². The normalized spacial score (nSPS) is 11.1. The molecule has 0 atom stereocenters. The molecule has 7 aromatic carbocycles. The van der Waals surface area contributed by atoms with Crippen LogP contribution in [0.15, 0.2) is 158 Å². The maximum absolute atomic E-state index is 3.58. The monoisotopic (exact) mass is 497 g/mol. The zero-order valence-corrected chi connectivity index (χ0v) is 21.5. The molecule has 0 aliphatic carbocycles. The Morgan fingerprint density at radius 3 is 1.77 bits per heavy atom. The molecule has 0 saturated carbocycles. The molecular weight excluding hydrogens is 470 g/mol. The van der Waals surface area contributed by atoms with Crippen LogP contribution in [0.4, 0.5) is 11.4 Å². The summed E-state index contributed by atoms with van der Waals surface area (Å²) in [5, 5.41) is 8.71. The molecular formula is C38H27N. The molecule has 0 radical (unpaired) electrons. The summed E-state index contributed by atoms with van der Waals surface area (Å²) < 4.78 is 0. The zero-order valence-electron chi connectivity index (χ0n) is 21.5. The van der Waals surface area contributed by atoms with E-state index in [4.69, 9.17) is 0 Å². The number of hydrogen-bond donors (Lipinski definition) is 1. The molecule has 39 heavy (non-hydrogen) atoms. The van der Waals surface area contributed by atoms with Gasteiger partial charge in [-0.05, 0) is 85.3 Å². The van der Waals surface area contributed by atoms with Crippen LogP contribution in [-0.4, -0.2) is 0 Å². The van der Waals surface area contributed by atoms with E-state index in [1.165, 1.54) is 54.9 Å². The van der Waals surface area contributed by atoms with Crippen LogP contribution in [0.25, 0.3) is 54.9 Å². The second-order valence-corrected chi connectivity index (χ2v) is 9.89. The van der Waals surface area contributed by atoms with Gasteiger partial charge < -0.3 is 5.32 Å². The van der Waals surface area contributed by atoms with Crippen molar-refractivity contribution in [2.75, 3.05) is 5.32 Å². The fourth-order valence-corrected chi connectivity index (χ4v) is 5.55. The first-order chi connectivity index (χ1) is 19.3. The summed E-state index contributed by atoms with van der Waals surface area (Å²) >= 11 is 0. The number of nitrogens with one attached hydrogen (secondary N) is 1. The van der Waals surface area contributed by atoms with Crippen molar-refractivity contribution in [1.29, 1.82) is 0 Å². The SMILES string of the molecule is c1ccc(-c2cccc(Nc3ccc(-c4ccccc4-c4cc5ccccc5c5ccccc45)cc3)c2)cc1. The number of benzene rings is 7. The third kappa shape index (κ3) is 4.45. The molecule has 7 rings (SSSR count). The molecule has 7 aromatic rings. The van der Waals surface area contributed by atoms with Crippen LogP contribution in [0.3, 0.4) is 0 Å². The predicted molar refractivity (Wildman–Crippen MR) is 167 cm³/mol. The molecule has 1 heteroatoms. The average molecular weight is 498 g/mol. The summed E-state index contributed by atoms with van der Waals surface area (Å²) in [6.45, 7) is 0. The Labute approximate surface area is 229 Å². The van der Waals surface area contributed by atoms with Crippen LogP contribution in [0, 0.1) is 0 Å². The third-order valence-electron chi connectivity index (χ3n) is 7.44. The van der Waals surface area contributed by atoms with Crippen LogP contribution in [0.1, 0.15) is 0 Å². The minimum absolute atomic E-state index is 1.07. The van der Waals surface area contributed by atoms with Crippen molar-refractivity contribution < 1.29 is 0 Å². The topological polar surface area (TPSA) is 12.0 Å². The Morgan fingerprint density at radius 2 is 0.949 bits per heavy atom. The molecule has 0 saturated heterocycles. The van der Waals surface area contributed by atoms with Gasteiger partial charge in [-0.15, -0.1) is 0 Å². The first-order valence-electron chi connectivity index (χ1n) is 13.4. The average Bonchev–Trinajstić information content (AvgIpc) is 3.02. The van der Waals surface area contributed by atoms with Crippen molar-refractivity contribution in [3.8, 4) is 33.4 Å². The second kappa shape index (κ2) is 9.96. The van der Waals surface area contributed by atoms with E-state index in [0.717, 1.165) is 11.4 Å². The standard InChI is InChI=1S/C38H27N/c1-2-11-27(12-3-1)29-14-10-15-32(25-29)39-31-23-21-28(22-24-31)33-16-6-7-19-36(33)38-26-30-13-4-5-17-34(30)35-18-8-9-20-37(35)38/h1-26,39H. The maximum atomic E-state index is 3.58. The lowest BCUT2D eigenvalue weighted by atomic mass is 9.89. The summed E-state index contributed by atoms with van der Waals surface area (Å²) in [6.07, 6.45) is 0. The fraction of sp³-hybridized carbons (Fsp3) is 0. The number of fused-ring (bicyclic) bond motifs is 3. The summed E-state index contributed by atoms with van der Waals surface area (Å²) in [4.78, 5) is 0. The highest BCUT2D eigenvalue weighted by atomic mass is 14.9. The van der Waals surface area contributed by atoms with E-state index in [0.29, 0.717) is 0 Å². The van der Waals surface area contributed by atoms with Crippen LogP contribution < -0.4 is 5.32 Å². The Hall–Kier alpha value is -5.14. The number of rotatable bonds is 5. The molecule has 1 nitrogen and oxygen atoms in total. The molecule has 0 fully saturated rings. The molecule has 0 aromatic heterocycles. The summed E-state index contributed by atoms with van der Waals surface area (Å²) in [5.74, 6) is 0. The maximum Gasteiger partial charge on any atom is 0.0390 e. The van der Waals surface area contributed by atoms with Gasteiger partial charge in [0.1, 0.15) is 0 Å². The lowest BCUT2D eigenvalue weighted by Crippen LogP contribution is -1.92. The van der Waals surface area contributed by atoms with Crippen LogP contribution in [0.2, 0.25) is 0 Å². The van der Waals surface area contributed by atoms with Gasteiger partial charge in [0.25, 0.3) is 0 Å². The molecule has 0 spiro atoms. The molecule has 0 aliphatic heterocycles. The van der Waals surface area contributed by atoms with Gasteiger partial charge in [-0.1, -0.05) is 127 Å². The second-order valence-electron chi connectivity index (χ2n) is 9.89. The minimum atomic E-state index is 1.07. The Balaban J connectivity index is 1.25. The van der Waals surface area contributed by atoms with Crippen molar-refractivity contribution in [3.05, 3.63) is 158 Å². The van der Waals surface area contributed by atoms with E-state index in [1.54, 1.807) is 0 Å². The first-order valence-corrected chi connectivity index (χ1v) is 13.4. The molecule has 184 valence electrons. The summed E-state index contributed by atoms with van der Waals surface area (Å²) in [6, 6.07) is 56.3. The van der Waals surface area contributed by atoms with Crippen LogP contribution in [0.5, 0.6) is 0 Å². The van der Waals surface area contributed by atoms with Gasteiger partial charge in [0.05, 0.1) is 0 Å². The van der Waals surface area contributed by atoms with Gasteiger partial charge in [0.2, 0.25) is 0 Å². The highest BCUT2D eigenvalue weighted by Crippen LogP contribution is 2.39. The number of anilines is 2. The van der Waals surface area contributed by atoms with Gasteiger partial charge in [0.15, 0.2) is 0 Å². The molecule has 0 amide bonds. The first kappa shape index (κ1) is 23.0. The van der Waals surface area contributed by atoms with Crippen LogP contribution >= 0.6 is 0 Å². The molecule has 1 N–H and O–H groups in total. The molecule has 0 unspecified atom stereocenters. The van der Waals surface area contributed by atoms with Crippen molar-refractivity contribution in [2.24, 2.45) is 0 Å². The van der Waals surface area contributed by atoms with Gasteiger partial charge in [0, 0.05) is 11.4 Å². The van der Waals surface area contributed by atoms with E-state index < -0.39 is 0 Å². The lowest BCUT2D eigenvalue weighted by molar-refractivity contribution is 1.53. The molecule has 0 heterocycles. The van der Waals surface area contributed by atoms with E-state index in [2.05, 4.69) is 157 Å². The summed E-state index contributed by atoms with van der Waals surface area (Å²) in [5.41, 5.74) is 9.50. The highest BCUT2D eigenvalue weighted by Gasteiger charge is 2.12. The van der Waals surface area contributed by atoms with Gasteiger partial charge in [-0.25, -0.2) is 0 Å². The van der Waals surface area contributed by atoms with E-state index in [-0.39, 0.29) is 0 Å². The Kier molecular flexibility index (Phi) is 5.88. The van der Waals surface area contributed by atoms with Crippen molar-refractivity contribution in [1.82, 2.24) is 0 Å². The Bertz CT molecular complexity index is 1920.